The van der Waals surface area contributed by atoms with Crippen molar-refractivity contribution in [2.75, 3.05) is 53.1 Å². The highest BCUT2D eigenvalue weighted by atomic mass is 16.7. The summed E-state index contributed by atoms with van der Waals surface area (Å²) in [5.74, 6) is 0.424. The van der Waals surface area contributed by atoms with Crippen LogP contribution >= 0.6 is 0 Å². The van der Waals surface area contributed by atoms with Gasteiger partial charge in [0, 0.05) is 56.9 Å². The summed E-state index contributed by atoms with van der Waals surface area (Å²) in [6.07, 6.45) is 2.68. The van der Waals surface area contributed by atoms with Crippen LogP contribution in [-0.2, 0) is 19.0 Å². The maximum atomic E-state index is 13.8. The number of hydrogen-bond donors (Lipinski definition) is 0. The van der Waals surface area contributed by atoms with E-state index in [-0.39, 0.29) is 35.6 Å². The number of aromatic nitrogens is 1. The first kappa shape index (κ1) is 20.2. The van der Waals surface area contributed by atoms with E-state index in [4.69, 9.17) is 14.2 Å². The minimum Gasteiger partial charge on any atom is -0.383 e. The third-order valence-electron chi connectivity index (χ3n) is 7.09. The van der Waals surface area contributed by atoms with E-state index in [1.807, 2.05) is 17.0 Å². The van der Waals surface area contributed by atoms with Crippen LogP contribution in [0.4, 0.5) is 0 Å². The van der Waals surface area contributed by atoms with Crippen LogP contribution in [0.2, 0.25) is 0 Å². The predicted octanol–water partition coefficient (Wildman–Crippen LogP) is 0.819. The van der Waals surface area contributed by atoms with E-state index in [0.29, 0.717) is 26.4 Å². The van der Waals surface area contributed by atoms with Gasteiger partial charge in [-0.25, -0.2) is 0 Å². The molecule has 3 fully saturated rings. The minimum absolute atomic E-state index is 0.0704. The van der Waals surface area contributed by atoms with Gasteiger partial charge in [0.1, 0.15) is 6.04 Å². The van der Waals surface area contributed by atoms with Crippen molar-refractivity contribution >= 4 is 5.91 Å². The highest BCUT2D eigenvalue weighted by molar-refractivity contribution is 5.82. The van der Waals surface area contributed by atoms with E-state index >= 15 is 0 Å². The lowest BCUT2D eigenvalue weighted by molar-refractivity contribution is -0.140. The normalized spacial score (nSPS) is 31.8. The molecule has 4 atom stereocenters. The van der Waals surface area contributed by atoms with E-state index < -0.39 is 6.04 Å². The van der Waals surface area contributed by atoms with Gasteiger partial charge in [0.15, 0.2) is 6.29 Å². The molecule has 30 heavy (non-hydrogen) atoms. The zero-order chi connectivity index (χ0) is 20.7. The summed E-state index contributed by atoms with van der Waals surface area (Å²) < 4.78 is 18.5. The number of ether oxygens (including phenoxy) is 3. The molecule has 0 spiro atoms. The smallest absolute Gasteiger partial charge is 0.251 e. The van der Waals surface area contributed by atoms with Crippen LogP contribution < -0.4 is 5.56 Å². The number of hydrogen-bond acceptors (Lipinski definition) is 6. The van der Waals surface area contributed by atoms with Crippen molar-refractivity contribution in [2.24, 2.45) is 5.92 Å². The molecule has 1 amide bonds. The molecule has 164 valence electrons. The van der Waals surface area contributed by atoms with E-state index in [1.165, 1.54) is 0 Å². The van der Waals surface area contributed by atoms with Gasteiger partial charge in [-0.3, -0.25) is 19.1 Å². The Morgan fingerprint density at radius 3 is 2.87 bits per heavy atom. The van der Waals surface area contributed by atoms with Gasteiger partial charge < -0.3 is 19.1 Å². The Balaban J connectivity index is 1.45. The number of piperidine rings is 1. The van der Waals surface area contributed by atoms with Crippen molar-refractivity contribution in [3.63, 3.8) is 0 Å². The highest BCUT2D eigenvalue weighted by Gasteiger charge is 2.46. The largest absolute Gasteiger partial charge is 0.383 e. The highest BCUT2D eigenvalue weighted by Crippen LogP contribution is 2.42. The summed E-state index contributed by atoms with van der Waals surface area (Å²) >= 11 is 0. The molecule has 5 heterocycles. The van der Waals surface area contributed by atoms with Crippen molar-refractivity contribution in [1.82, 2.24) is 14.4 Å². The third-order valence-corrected chi connectivity index (χ3v) is 7.09. The second-order valence-electron chi connectivity index (χ2n) is 8.97. The van der Waals surface area contributed by atoms with E-state index in [2.05, 4.69) is 4.90 Å². The van der Waals surface area contributed by atoms with E-state index in [0.717, 1.165) is 44.6 Å². The molecule has 0 unspecified atom stereocenters. The van der Waals surface area contributed by atoms with Gasteiger partial charge in [-0.1, -0.05) is 6.07 Å². The van der Waals surface area contributed by atoms with Gasteiger partial charge in [0.05, 0.1) is 25.9 Å². The molecule has 0 radical (unpaired) electrons. The average Bonchev–Trinajstić information content (AvgIpc) is 3.41. The van der Waals surface area contributed by atoms with Crippen LogP contribution in [0.15, 0.2) is 23.0 Å². The molecule has 1 aromatic rings. The number of likely N-dealkylation sites (tertiary alicyclic amines) is 2. The number of carbonyl (C=O) groups is 1. The summed E-state index contributed by atoms with van der Waals surface area (Å²) in [6, 6.07) is 5.07. The first-order valence-electron chi connectivity index (χ1n) is 11.1. The van der Waals surface area contributed by atoms with Gasteiger partial charge in [-0.15, -0.1) is 0 Å². The fourth-order valence-electron chi connectivity index (χ4n) is 5.88. The van der Waals surface area contributed by atoms with Crippen LogP contribution in [0.3, 0.4) is 0 Å². The number of amides is 1. The molecular weight excluding hydrogens is 386 g/mol. The molecule has 0 saturated carbocycles. The van der Waals surface area contributed by atoms with Gasteiger partial charge >= 0.3 is 0 Å². The number of rotatable bonds is 5. The van der Waals surface area contributed by atoms with Crippen LogP contribution in [0, 0.1) is 5.92 Å². The Bertz CT molecular complexity index is 836. The van der Waals surface area contributed by atoms with Crippen molar-refractivity contribution in [3.05, 3.63) is 34.2 Å². The first-order chi connectivity index (χ1) is 14.7. The van der Waals surface area contributed by atoms with E-state index in [1.54, 1.807) is 17.7 Å². The zero-order valence-corrected chi connectivity index (χ0v) is 17.6. The fourth-order valence-corrected chi connectivity index (χ4v) is 5.88. The van der Waals surface area contributed by atoms with Crippen molar-refractivity contribution in [3.8, 4) is 0 Å². The monoisotopic (exact) mass is 417 g/mol. The van der Waals surface area contributed by atoms with Crippen molar-refractivity contribution in [1.29, 1.82) is 0 Å². The lowest BCUT2D eigenvalue weighted by Gasteiger charge is -2.47. The molecule has 2 bridgehead atoms. The van der Waals surface area contributed by atoms with Crippen molar-refractivity contribution in [2.45, 2.75) is 43.6 Å². The molecule has 1 aromatic heterocycles. The second kappa shape index (κ2) is 8.42. The molecule has 4 aliphatic rings. The molecule has 0 aromatic carbocycles. The van der Waals surface area contributed by atoms with Gasteiger partial charge in [-0.2, -0.15) is 0 Å². The zero-order valence-electron chi connectivity index (χ0n) is 17.6. The Morgan fingerprint density at radius 1 is 1.23 bits per heavy atom. The number of methoxy groups -OCH3 is 1. The van der Waals surface area contributed by atoms with Gasteiger partial charge in [0.2, 0.25) is 5.91 Å². The lowest BCUT2D eigenvalue weighted by atomic mass is 9.78. The van der Waals surface area contributed by atoms with Crippen LogP contribution in [-0.4, -0.2) is 85.7 Å². The van der Waals surface area contributed by atoms with Gasteiger partial charge in [-0.05, 0) is 25.3 Å². The maximum Gasteiger partial charge on any atom is 0.251 e. The summed E-state index contributed by atoms with van der Waals surface area (Å²) in [4.78, 5) is 31.0. The molecule has 8 heteroatoms. The van der Waals surface area contributed by atoms with Gasteiger partial charge in [0.25, 0.3) is 5.56 Å². The van der Waals surface area contributed by atoms with Crippen molar-refractivity contribution < 1.29 is 19.0 Å². The second-order valence-corrected chi connectivity index (χ2v) is 8.97. The summed E-state index contributed by atoms with van der Waals surface area (Å²) in [5, 5.41) is 0. The lowest BCUT2D eigenvalue weighted by Crippen LogP contribution is -2.55. The Hall–Kier alpha value is -1.74. The average molecular weight is 418 g/mol. The van der Waals surface area contributed by atoms with Crippen LogP contribution in [0.5, 0.6) is 0 Å². The van der Waals surface area contributed by atoms with Crippen LogP contribution in [0.25, 0.3) is 0 Å². The molecule has 5 rings (SSSR count). The quantitative estimate of drug-likeness (QED) is 0.706. The number of nitrogens with zero attached hydrogens (tertiary/aromatic N) is 3. The Labute approximate surface area is 176 Å². The Kier molecular flexibility index (Phi) is 5.66. The summed E-state index contributed by atoms with van der Waals surface area (Å²) in [7, 11) is 1.68. The molecule has 8 nitrogen and oxygen atoms in total. The number of pyridine rings is 1. The predicted molar refractivity (Wildman–Crippen MR) is 109 cm³/mol. The third kappa shape index (κ3) is 3.60. The summed E-state index contributed by atoms with van der Waals surface area (Å²) in [6.45, 7) is 4.91. The molecule has 4 aliphatic heterocycles. The Morgan fingerprint density at radius 2 is 2.07 bits per heavy atom. The van der Waals surface area contributed by atoms with Crippen LogP contribution in [0.1, 0.15) is 36.9 Å². The minimum atomic E-state index is -0.448. The topological polar surface area (TPSA) is 73.2 Å². The molecular formula is C22H31N3O5. The van der Waals surface area contributed by atoms with E-state index in [9.17, 15) is 9.59 Å². The number of carbonyl (C=O) groups excluding carboxylic acids is 1. The standard InChI is InChI=1S/C22H31N3O5/c1-28-14-17-4-3-7-24(17)22(27)21-16-10-15(18-5-2-6-19(26)25(18)21)11-23(12-16)13-20-29-8-9-30-20/h2,5-6,15-17,20-21H,3-4,7-14H2,1H3/t15-,16+,17+,21-/m1/s1. The molecule has 3 saturated heterocycles. The molecule has 0 aliphatic carbocycles. The first-order valence-corrected chi connectivity index (χ1v) is 11.1. The summed E-state index contributed by atoms with van der Waals surface area (Å²) in [5.41, 5.74) is 0.913. The fraction of sp³-hybridized carbons (Fsp3) is 0.727. The molecule has 0 N–H and O–H groups in total. The maximum absolute atomic E-state index is 13.8. The number of fused-ring (bicyclic) bond motifs is 4. The SMILES string of the molecule is COC[C@@H]1CCCN1C(=O)[C@H]1[C@H]2C[C@H](CN(CC3OCCO3)C2)c2cccc(=O)n21.